The minimum atomic E-state index is 0.190. The summed E-state index contributed by atoms with van der Waals surface area (Å²) in [6.07, 6.45) is 5.04. The number of phenols is 1. The summed E-state index contributed by atoms with van der Waals surface area (Å²) in [5.74, 6) is 0.767. The highest BCUT2D eigenvalue weighted by Crippen LogP contribution is 2.25. The van der Waals surface area contributed by atoms with Crippen molar-refractivity contribution in [1.82, 2.24) is 15.0 Å². The maximum absolute atomic E-state index is 9.77. The Balaban J connectivity index is 1.91. The largest absolute Gasteiger partial charge is 0.506 e. The predicted octanol–water partition coefficient (Wildman–Crippen LogP) is 2.34. The lowest BCUT2D eigenvalue weighted by Gasteiger charge is -2.08. The quantitative estimate of drug-likeness (QED) is 0.748. The summed E-state index contributed by atoms with van der Waals surface area (Å²) in [5.41, 5.74) is 1.64. The molecule has 3 aromatic rings. The lowest BCUT2D eigenvalue weighted by Crippen LogP contribution is -2.03. The van der Waals surface area contributed by atoms with E-state index in [1.54, 1.807) is 30.7 Å². The molecular formula is C14H12N4O. The van der Waals surface area contributed by atoms with E-state index in [1.807, 2.05) is 18.2 Å². The van der Waals surface area contributed by atoms with Gasteiger partial charge in [-0.15, -0.1) is 0 Å². The molecule has 2 N–H and O–H groups in total. The second-order valence-electron chi connectivity index (χ2n) is 4.07. The van der Waals surface area contributed by atoms with Crippen LogP contribution in [0.1, 0.15) is 5.56 Å². The summed E-state index contributed by atoms with van der Waals surface area (Å²) in [5, 5.41) is 13.8. The normalized spacial score (nSPS) is 10.5. The van der Waals surface area contributed by atoms with Gasteiger partial charge in [0.05, 0.1) is 0 Å². The molecule has 0 aliphatic rings. The molecule has 5 nitrogen and oxygen atoms in total. The van der Waals surface area contributed by atoms with Crippen LogP contribution in [-0.4, -0.2) is 20.1 Å². The molecule has 5 heteroatoms. The van der Waals surface area contributed by atoms with Gasteiger partial charge in [-0.25, -0.2) is 9.97 Å². The third kappa shape index (κ3) is 2.30. The summed E-state index contributed by atoms with van der Waals surface area (Å²) >= 11 is 0. The molecule has 2 aromatic heterocycles. The molecule has 0 bridgehead atoms. The van der Waals surface area contributed by atoms with Crippen LogP contribution >= 0.6 is 0 Å². The average Bonchev–Trinajstić information content (AvgIpc) is 2.48. The molecule has 0 unspecified atom stereocenters. The zero-order valence-corrected chi connectivity index (χ0v) is 10.1. The Morgan fingerprint density at radius 1 is 0.947 bits per heavy atom. The van der Waals surface area contributed by atoms with Gasteiger partial charge in [-0.1, -0.05) is 12.1 Å². The van der Waals surface area contributed by atoms with Gasteiger partial charge >= 0.3 is 0 Å². The first kappa shape index (κ1) is 11.4. The Bertz CT molecular complexity index is 700. The molecule has 0 aliphatic heterocycles. The van der Waals surface area contributed by atoms with Crippen molar-refractivity contribution in [1.29, 1.82) is 0 Å². The van der Waals surface area contributed by atoms with E-state index in [9.17, 15) is 5.11 Å². The molecule has 19 heavy (non-hydrogen) atoms. The zero-order chi connectivity index (χ0) is 13.1. The number of hydrogen-bond acceptors (Lipinski definition) is 5. The van der Waals surface area contributed by atoms with Crippen LogP contribution in [0.15, 0.2) is 48.9 Å². The predicted molar refractivity (Wildman–Crippen MR) is 72.8 cm³/mol. The fourth-order valence-corrected chi connectivity index (χ4v) is 1.94. The van der Waals surface area contributed by atoms with Crippen molar-refractivity contribution in [2.45, 2.75) is 6.54 Å². The van der Waals surface area contributed by atoms with Crippen molar-refractivity contribution in [2.75, 3.05) is 5.32 Å². The fraction of sp³-hybridized carbons (Fsp3) is 0.0714. The van der Waals surface area contributed by atoms with Crippen molar-refractivity contribution in [3.63, 3.8) is 0 Å². The third-order valence-electron chi connectivity index (χ3n) is 2.84. The first-order valence-electron chi connectivity index (χ1n) is 5.91. The second kappa shape index (κ2) is 4.89. The van der Waals surface area contributed by atoms with Crippen molar-refractivity contribution < 1.29 is 5.11 Å². The van der Waals surface area contributed by atoms with Crippen molar-refractivity contribution in [3.8, 4) is 5.75 Å². The minimum Gasteiger partial charge on any atom is -0.506 e. The first-order chi connectivity index (χ1) is 9.34. The Hall–Kier alpha value is -2.69. The molecule has 0 saturated heterocycles. The van der Waals surface area contributed by atoms with Crippen molar-refractivity contribution >= 4 is 16.9 Å². The molecule has 0 fully saturated rings. The highest BCUT2D eigenvalue weighted by molar-refractivity contribution is 5.87. The standard InChI is InChI=1S/C14H12N4O/c19-12-5-4-10(11-3-1-6-15-13(11)12)9-18-14-16-7-2-8-17-14/h1-8,19H,9H2,(H,16,17,18). The van der Waals surface area contributed by atoms with Crippen LogP contribution in [0.25, 0.3) is 10.9 Å². The van der Waals surface area contributed by atoms with Crippen molar-refractivity contribution in [3.05, 3.63) is 54.5 Å². The zero-order valence-electron chi connectivity index (χ0n) is 10.1. The van der Waals surface area contributed by atoms with E-state index in [1.165, 1.54) is 0 Å². The third-order valence-corrected chi connectivity index (χ3v) is 2.84. The number of pyridine rings is 1. The highest BCUT2D eigenvalue weighted by Gasteiger charge is 2.06. The molecule has 0 aliphatic carbocycles. The van der Waals surface area contributed by atoms with Crippen LogP contribution in [0.2, 0.25) is 0 Å². The summed E-state index contributed by atoms with van der Waals surface area (Å²) in [7, 11) is 0. The van der Waals surface area contributed by atoms with Crippen LogP contribution in [0, 0.1) is 0 Å². The molecule has 2 heterocycles. The molecule has 94 valence electrons. The van der Waals surface area contributed by atoms with Gasteiger partial charge in [0.15, 0.2) is 0 Å². The smallest absolute Gasteiger partial charge is 0.222 e. The molecular weight excluding hydrogens is 240 g/mol. The Morgan fingerprint density at radius 3 is 2.58 bits per heavy atom. The van der Waals surface area contributed by atoms with Gasteiger partial charge in [-0.2, -0.15) is 0 Å². The summed E-state index contributed by atoms with van der Waals surface area (Å²) in [6.45, 7) is 0.576. The monoisotopic (exact) mass is 252 g/mol. The van der Waals surface area contributed by atoms with Gasteiger partial charge < -0.3 is 10.4 Å². The van der Waals surface area contributed by atoms with Gasteiger partial charge in [0.25, 0.3) is 0 Å². The highest BCUT2D eigenvalue weighted by atomic mass is 16.3. The van der Waals surface area contributed by atoms with Gasteiger partial charge in [0, 0.05) is 30.5 Å². The second-order valence-corrected chi connectivity index (χ2v) is 4.07. The minimum absolute atomic E-state index is 0.190. The van der Waals surface area contributed by atoms with E-state index >= 15 is 0 Å². The van der Waals surface area contributed by atoms with E-state index < -0.39 is 0 Å². The van der Waals surface area contributed by atoms with Gasteiger partial charge in [0.1, 0.15) is 11.3 Å². The lowest BCUT2D eigenvalue weighted by atomic mass is 10.1. The molecule has 0 spiro atoms. The maximum Gasteiger partial charge on any atom is 0.222 e. The van der Waals surface area contributed by atoms with Crippen LogP contribution in [0.4, 0.5) is 5.95 Å². The first-order valence-corrected chi connectivity index (χ1v) is 5.91. The number of hydrogen-bond donors (Lipinski definition) is 2. The number of benzene rings is 1. The molecule has 0 atom stereocenters. The Labute approximate surface area is 110 Å². The number of rotatable bonds is 3. The molecule has 3 rings (SSSR count). The van der Waals surface area contributed by atoms with E-state index in [-0.39, 0.29) is 5.75 Å². The molecule has 1 aromatic carbocycles. The van der Waals surface area contributed by atoms with E-state index in [4.69, 9.17) is 0 Å². The average molecular weight is 252 g/mol. The van der Waals surface area contributed by atoms with E-state index in [0.29, 0.717) is 18.0 Å². The number of aromatic nitrogens is 3. The number of anilines is 1. The summed E-state index contributed by atoms with van der Waals surface area (Å²) < 4.78 is 0. The number of aromatic hydroxyl groups is 1. The van der Waals surface area contributed by atoms with Crippen molar-refractivity contribution in [2.24, 2.45) is 0 Å². The Kier molecular flexibility index (Phi) is 2.94. The van der Waals surface area contributed by atoms with E-state index in [0.717, 1.165) is 10.9 Å². The molecule has 0 amide bonds. The van der Waals surface area contributed by atoms with Crippen LogP contribution in [0.5, 0.6) is 5.75 Å². The summed E-state index contributed by atoms with van der Waals surface area (Å²) in [6, 6.07) is 9.08. The van der Waals surface area contributed by atoms with Gasteiger partial charge in [-0.3, -0.25) is 4.98 Å². The fourth-order valence-electron chi connectivity index (χ4n) is 1.94. The number of fused-ring (bicyclic) bond motifs is 1. The number of nitrogens with zero attached hydrogens (tertiary/aromatic N) is 3. The van der Waals surface area contributed by atoms with E-state index in [2.05, 4.69) is 20.3 Å². The topological polar surface area (TPSA) is 70.9 Å². The Morgan fingerprint density at radius 2 is 1.74 bits per heavy atom. The number of nitrogens with one attached hydrogen (secondary N) is 1. The van der Waals surface area contributed by atoms with Crippen LogP contribution in [-0.2, 0) is 6.54 Å². The van der Waals surface area contributed by atoms with Crippen LogP contribution in [0.3, 0.4) is 0 Å². The van der Waals surface area contributed by atoms with Crippen LogP contribution < -0.4 is 5.32 Å². The summed E-state index contributed by atoms with van der Waals surface area (Å²) in [4.78, 5) is 12.4. The van der Waals surface area contributed by atoms with Gasteiger partial charge in [-0.05, 0) is 23.8 Å². The SMILES string of the molecule is Oc1ccc(CNc2ncccn2)c2cccnc12. The maximum atomic E-state index is 9.77. The number of phenolic OH excluding ortho intramolecular Hbond substituents is 1. The lowest BCUT2D eigenvalue weighted by molar-refractivity contribution is 0.480. The van der Waals surface area contributed by atoms with Gasteiger partial charge in [0.2, 0.25) is 5.95 Å². The molecule has 0 radical (unpaired) electrons. The molecule has 0 saturated carbocycles.